The predicted molar refractivity (Wildman–Crippen MR) is 132 cm³/mol. The zero-order valence-electron chi connectivity index (χ0n) is 19.4. The fourth-order valence-electron chi connectivity index (χ4n) is 3.63. The summed E-state index contributed by atoms with van der Waals surface area (Å²) in [5, 5.41) is 5.37. The molecule has 3 aromatic rings. The van der Waals surface area contributed by atoms with E-state index in [4.69, 9.17) is 9.47 Å². The minimum absolute atomic E-state index is 0.167. The molecule has 0 spiro atoms. The summed E-state index contributed by atoms with van der Waals surface area (Å²) in [7, 11) is 1.48. The molecule has 0 unspecified atom stereocenters. The molecule has 8 heteroatoms. The number of nitrogens with zero attached hydrogens (tertiary/aromatic N) is 1. The highest BCUT2D eigenvalue weighted by atomic mass is 16.5. The van der Waals surface area contributed by atoms with Gasteiger partial charge in [0.05, 0.1) is 13.7 Å². The van der Waals surface area contributed by atoms with Crippen molar-refractivity contribution in [2.24, 2.45) is 0 Å². The lowest BCUT2D eigenvalue weighted by atomic mass is 10.1. The van der Waals surface area contributed by atoms with Gasteiger partial charge in [0.15, 0.2) is 18.1 Å². The van der Waals surface area contributed by atoms with E-state index in [1.54, 1.807) is 36.4 Å². The molecule has 1 aliphatic heterocycles. The first-order valence-electron chi connectivity index (χ1n) is 11.0. The number of nitrogens with one attached hydrogen (secondary N) is 2. The normalized spacial score (nSPS) is 14.1. The Morgan fingerprint density at radius 3 is 2.54 bits per heavy atom. The lowest BCUT2D eigenvalue weighted by molar-refractivity contribution is -0.123. The Morgan fingerprint density at radius 2 is 1.80 bits per heavy atom. The van der Waals surface area contributed by atoms with Gasteiger partial charge in [-0.2, -0.15) is 0 Å². The van der Waals surface area contributed by atoms with E-state index in [9.17, 15) is 14.4 Å². The first kappa shape index (κ1) is 23.6. The van der Waals surface area contributed by atoms with Gasteiger partial charge in [0.25, 0.3) is 11.8 Å². The topological polar surface area (TPSA) is 97.0 Å². The van der Waals surface area contributed by atoms with Gasteiger partial charge in [-0.05, 0) is 48.4 Å². The monoisotopic (exact) mass is 471 g/mol. The number of hydrogen-bond acceptors (Lipinski definition) is 5. The highest BCUT2D eigenvalue weighted by Gasteiger charge is 2.33. The first-order chi connectivity index (χ1) is 16.9. The van der Waals surface area contributed by atoms with Crippen molar-refractivity contribution >= 4 is 29.6 Å². The zero-order valence-corrected chi connectivity index (χ0v) is 19.4. The molecule has 35 heavy (non-hydrogen) atoms. The van der Waals surface area contributed by atoms with Crippen LogP contribution in [0.2, 0.25) is 0 Å². The maximum absolute atomic E-state index is 12.8. The van der Waals surface area contributed by atoms with Crippen LogP contribution in [0.1, 0.15) is 16.7 Å². The van der Waals surface area contributed by atoms with E-state index < -0.39 is 11.9 Å². The molecule has 0 bridgehead atoms. The number of hydrogen-bond donors (Lipinski definition) is 2. The third kappa shape index (κ3) is 5.86. The summed E-state index contributed by atoms with van der Waals surface area (Å²) >= 11 is 0. The lowest BCUT2D eigenvalue weighted by Crippen LogP contribution is -2.30. The van der Waals surface area contributed by atoms with Crippen LogP contribution >= 0.6 is 0 Å². The Bertz CT molecular complexity index is 1290. The van der Waals surface area contributed by atoms with Crippen molar-refractivity contribution in [2.75, 3.05) is 19.0 Å². The second kappa shape index (κ2) is 10.6. The van der Waals surface area contributed by atoms with Crippen molar-refractivity contribution in [1.29, 1.82) is 0 Å². The summed E-state index contributed by atoms with van der Waals surface area (Å²) in [5.41, 5.74) is 3.39. The molecule has 0 aromatic heterocycles. The van der Waals surface area contributed by atoms with E-state index in [1.807, 2.05) is 49.4 Å². The molecule has 2 N–H and O–H groups in total. The van der Waals surface area contributed by atoms with Crippen LogP contribution < -0.4 is 20.1 Å². The standard InChI is InChI=1S/C27H25N3O5/c1-18-7-6-8-20(13-18)16-30-26(32)22(29-27(30)33)14-19-11-12-23(24(15-19)34-2)35-17-25(31)28-21-9-4-3-5-10-21/h3-15H,16-17H2,1-2H3,(H,28,31)(H,29,33)/b22-14+. The number of benzene rings is 3. The van der Waals surface area contributed by atoms with Gasteiger partial charge in [-0.15, -0.1) is 0 Å². The number of methoxy groups -OCH3 is 1. The number of anilines is 1. The maximum atomic E-state index is 12.8. The molecule has 4 amide bonds. The second-order valence-electron chi connectivity index (χ2n) is 7.98. The van der Waals surface area contributed by atoms with E-state index in [1.165, 1.54) is 12.0 Å². The van der Waals surface area contributed by atoms with E-state index in [0.717, 1.165) is 11.1 Å². The van der Waals surface area contributed by atoms with Gasteiger partial charge in [0.1, 0.15) is 5.70 Å². The Labute approximate surface area is 203 Å². The molecule has 8 nitrogen and oxygen atoms in total. The molecule has 178 valence electrons. The number of carbonyl (C=O) groups is 3. The highest BCUT2D eigenvalue weighted by molar-refractivity contribution is 6.13. The molecule has 1 fully saturated rings. The van der Waals surface area contributed by atoms with E-state index in [2.05, 4.69) is 10.6 Å². The molecule has 4 rings (SSSR count). The minimum atomic E-state index is -0.473. The summed E-state index contributed by atoms with van der Waals surface area (Å²) in [5.74, 6) is 0.0479. The SMILES string of the molecule is COc1cc(/C=C2/NC(=O)N(Cc3cccc(C)c3)C2=O)ccc1OCC(=O)Nc1ccccc1. The smallest absolute Gasteiger partial charge is 0.329 e. The van der Waals surface area contributed by atoms with E-state index >= 15 is 0 Å². The van der Waals surface area contributed by atoms with Gasteiger partial charge in [-0.3, -0.25) is 14.5 Å². The summed E-state index contributed by atoms with van der Waals surface area (Å²) in [6.45, 7) is 1.94. The number of aryl methyl sites for hydroxylation is 1. The molecular formula is C27H25N3O5. The number of rotatable bonds is 8. The highest BCUT2D eigenvalue weighted by Crippen LogP contribution is 2.29. The number of ether oxygens (including phenoxy) is 2. The van der Waals surface area contributed by atoms with E-state index in [0.29, 0.717) is 22.7 Å². The fourth-order valence-corrected chi connectivity index (χ4v) is 3.63. The second-order valence-corrected chi connectivity index (χ2v) is 7.98. The van der Waals surface area contributed by atoms with Gasteiger partial charge < -0.3 is 20.1 Å². The van der Waals surface area contributed by atoms with Crippen LogP contribution in [0.25, 0.3) is 6.08 Å². The molecule has 0 atom stereocenters. The third-order valence-corrected chi connectivity index (χ3v) is 5.30. The van der Waals surface area contributed by atoms with Crippen molar-refractivity contribution in [3.05, 3.63) is 95.2 Å². The first-order valence-corrected chi connectivity index (χ1v) is 11.0. The van der Waals surface area contributed by atoms with Gasteiger partial charge in [-0.1, -0.05) is 54.1 Å². The van der Waals surface area contributed by atoms with Crippen LogP contribution in [0, 0.1) is 6.92 Å². The summed E-state index contributed by atoms with van der Waals surface area (Å²) in [6, 6.07) is 21.3. The predicted octanol–water partition coefficient (Wildman–Crippen LogP) is 4.11. The molecule has 1 saturated heterocycles. The number of carbonyl (C=O) groups excluding carboxylic acids is 3. The van der Waals surface area contributed by atoms with Crippen molar-refractivity contribution in [2.45, 2.75) is 13.5 Å². The van der Waals surface area contributed by atoms with Crippen LogP contribution in [0.4, 0.5) is 10.5 Å². The average molecular weight is 472 g/mol. The van der Waals surface area contributed by atoms with Crippen LogP contribution in [-0.4, -0.2) is 36.5 Å². The van der Waals surface area contributed by atoms with Gasteiger partial charge in [0.2, 0.25) is 0 Å². The number of amides is 4. The summed E-state index contributed by atoms with van der Waals surface area (Å²) in [4.78, 5) is 38.6. The number of para-hydroxylation sites is 1. The zero-order chi connectivity index (χ0) is 24.8. The van der Waals surface area contributed by atoms with Crippen molar-refractivity contribution in [3.63, 3.8) is 0 Å². The van der Waals surface area contributed by atoms with Crippen molar-refractivity contribution in [1.82, 2.24) is 10.2 Å². The van der Waals surface area contributed by atoms with Crippen LogP contribution in [0.5, 0.6) is 11.5 Å². The number of urea groups is 1. The Hall–Kier alpha value is -4.59. The minimum Gasteiger partial charge on any atom is -0.493 e. The van der Waals surface area contributed by atoms with Crippen LogP contribution in [0.15, 0.2) is 78.5 Å². The Kier molecular flexibility index (Phi) is 7.11. The molecule has 1 aliphatic rings. The van der Waals surface area contributed by atoms with Crippen LogP contribution in [-0.2, 0) is 16.1 Å². The molecule has 0 radical (unpaired) electrons. The van der Waals surface area contributed by atoms with Gasteiger partial charge >= 0.3 is 6.03 Å². The van der Waals surface area contributed by atoms with Crippen molar-refractivity contribution in [3.8, 4) is 11.5 Å². The summed E-state index contributed by atoms with van der Waals surface area (Å²) < 4.78 is 11.0. The molecule has 1 heterocycles. The van der Waals surface area contributed by atoms with Crippen molar-refractivity contribution < 1.29 is 23.9 Å². The molecular weight excluding hydrogens is 446 g/mol. The Balaban J connectivity index is 1.42. The van der Waals surface area contributed by atoms with Gasteiger partial charge in [0, 0.05) is 5.69 Å². The van der Waals surface area contributed by atoms with Crippen LogP contribution in [0.3, 0.4) is 0 Å². The quantitative estimate of drug-likeness (QED) is 0.381. The Morgan fingerprint density at radius 1 is 1.00 bits per heavy atom. The molecule has 0 saturated carbocycles. The van der Waals surface area contributed by atoms with Gasteiger partial charge in [-0.25, -0.2) is 4.79 Å². The number of imide groups is 1. The van der Waals surface area contributed by atoms with E-state index in [-0.39, 0.29) is 24.8 Å². The summed E-state index contributed by atoms with van der Waals surface area (Å²) in [6.07, 6.45) is 1.57. The fraction of sp³-hybridized carbons (Fsp3) is 0.148. The average Bonchev–Trinajstić information content (AvgIpc) is 3.11. The largest absolute Gasteiger partial charge is 0.493 e. The molecule has 0 aliphatic carbocycles. The lowest BCUT2D eigenvalue weighted by Gasteiger charge is -2.12. The maximum Gasteiger partial charge on any atom is 0.329 e. The third-order valence-electron chi connectivity index (χ3n) is 5.30. The molecule has 3 aromatic carbocycles.